The largest absolute Gasteiger partial charge is 0.507 e. The Morgan fingerprint density at radius 1 is 1.04 bits per heavy atom. The van der Waals surface area contributed by atoms with Gasteiger partial charge in [0.05, 0.1) is 5.56 Å². The molecule has 0 saturated heterocycles. The van der Waals surface area contributed by atoms with Crippen LogP contribution in [0.2, 0.25) is 0 Å². The molecule has 2 aromatic rings. The van der Waals surface area contributed by atoms with E-state index in [1.807, 2.05) is 0 Å². The molecule has 2 aromatic carbocycles. The van der Waals surface area contributed by atoms with Crippen molar-refractivity contribution in [2.75, 3.05) is 6.26 Å². The van der Waals surface area contributed by atoms with Crippen LogP contribution >= 0.6 is 20.7 Å². The summed E-state index contributed by atoms with van der Waals surface area (Å²) in [4.78, 5) is 23.7. The van der Waals surface area contributed by atoms with Gasteiger partial charge < -0.3 is 15.3 Å². The first kappa shape index (κ1) is 17.2. The van der Waals surface area contributed by atoms with Crippen molar-refractivity contribution in [2.24, 2.45) is 0 Å². The maximum Gasteiger partial charge on any atom is 0.339 e. The van der Waals surface area contributed by atoms with Crippen LogP contribution in [0.15, 0.2) is 42.5 Å². The quantitative estimate of drug-likeness (QED) is 0.500. The number of aromatic hydroxyl groups is 2. The number of carboxylic acid groups (broad SMARTS) is 1. The molecule has 0 amide bonds. The number of benzene rings is 2. The van der Waals surface area contributed by atoms with Gasteiger partial charge in [-0.2, -0.15) is 0 Å². The van der Waals surface area contributed by atoms with Crippen molar-refractivity contribution in [1.29, 1.82) is 0 Å². The van der Waals surface area contributed by atoms with E-state index in [0.717, 1.165) is 0 Å². The smallest absolute Gasteiger partial charge is 0.339 e. The van der Waals surface area contributed by atoms with Gasteiger partial charge in [-0.05, 0) is 36.1 Å². The monoisotopic (exact) mass is 352 g/mol. The Hall–Kier alpha value is -2.12. The van der Waals surface area contributed by atoms with Crippen LogP contribution in [0.5, 0.6) is 11.5 Å². The fourth-order valence-electron chi connectivity index (χ4n) is 2.12. The van der Waals surface area contributed by atoms with E-state index in [0.29, 0.717) is 5.56 Å². The summed E-state index contributed by atoms with van der Waals surface area (Å²) in [6.07, 6.45) is 1.68. The van der Waals surface area contributed by atoms with Gasteiger partial charge in [-0.1, -0.05) is 18.2 Å². The highest BCUT2D eigenvalue weighted by atomic mass is 33.1. The van der Waals surface area contributed by atoms with Crippen LogP contribution in [0.4, 0.5) is 0 Å². The van der Waals surface area contributed by atoms with Crippen molar-refractivity contribution < 1.29 is 24.9 Å². The first-order valence-corrected chi connectivity index (χ1v) is 9.84. The van der Waals surface area contributed by atoms with E-state index in [1.54, 1.807) is 24.5 Å². The molecule has 2 rings (SSSR count). The van der Waals surface area contributed by atoms with Gasteiger partial charge in [0.1, 0.15) is 17.1 Å². The van der Waals surface area contributed by atoms with Crippen LogP contribution in [0.25, 0.3) is 0 Å². The molecule has 1 unspecified atom stereocenters. The van der Waals surface area contributed by atoms with Crippen LogP contribution in [0, 0.1) is 0 Å². The number of phenols is 2. The number of aromatic carboxylic acids is 1. The lowest BCUT2D eigenvalue weighted by molar-refractivity contribution is 0.0693. The molecule has 0 saturated carbocycles. The lowest BCUT2D eigenvalue weighted by Gasteiger charge is -2.28. The van der Waals surface area contributed by atoms with E-state index < -0.39 is 15.0 Å². The number of hydrogen-bond donors (Lipinski definition) is 4. The van der Waals surface area contributed by atoms with E-state index in [-0.39, 0.29) is 33.5 Å². The van der Waals surface area contributed by atoms with Crippen LogP contribution in [0.1, 0.15) is 26.3 Å². The Balaban J connectivity index is 2.31. The van der Waals surface area contributed by atoms with E-state index in [1.165, 1.54) is 24.3 Å². The average molecular weight is 352 g/mol. The SMILES string of the molecule is CS(S)(Cc1ccc(O)c(C(=O)O)c1)C(=O)c1ccccc1O. The maximum atomic E-state index is 12.6. The zero-order valence-corrected chi connectivity index (χ0v) is 14.0. The minimum atomic E-state index is -2.12. The molecule has 0 aliphatic carbocycles. The zero-order chi connectivity index (χ0) is 17.2. The second-order valence-electron chi connectivity index (χ2n) is 5.15. The molecule has 0 fully saturated rings. The minimum absolute atomic E-state index is 0.109. The summed E-state index contributed by atoms with van der Waals surface area (Å²) in [6.45, 7) is 0. The van der Waals surface area contributed by atoms with Crippen molar-refractivity contribution >= 4 is 31.8 Å². The van der Waals surface area contributed by atoms with Crippen LogP contribution in [-0.4, -0.2) is 32.7 Å². The highest BCUT2D eigenvalue weighted by molar-refractivity contribution is 8.93. The second-order valence-corrected chi connectivity index (χ2v) is 10.3. The molecule has 1 atom stereocenters. The van der Waals surface area contributed by atoms with Crippen molar-refractivity contribution in [3.8, 4) is 11.5 Å². The fourth-order valence-corrected chi connectivity index (χ4v) is 4.47. The summed E-state index contributed by atoms with van der Waals surface area (Å²) in [5, 5.41) is 28.1. The maximum absolute atomic E-state index is 12.6. The first-order chi connectivity index (χ1) is 10.7. The molecule has 0 bridgehead atoms. The van der Waals surface area contributed by atoms with Gasteiger partial charge in [0.15, 0.2) is 0 Å². The highest BCUT2D eigenvalue weighted by Crippen LogP contribution is 2.55. The number of carbonyl (C=O) groups excluding carboxylic acids is 1. The highest BCUT2D eigenvalue weighted by Gasteiger charge is 2.27. The Labute approximate surface area is 139 Å². The first-order valence-electron chi connectivity index (χ1n) is 6.58. The van der Waals surface area contributed by atoms with Gasteiger partial charge in [-0.15, -0.1) is 20.7 Å². The summed E-state index contributed by atoms with van der Waals surface area (Å²) in [5.41, 5.74) is 0.551. The number of rotatable bonds is 4. The Bertz CT molecular complexity index is 771. The summed E-state index contributed by atoms with van der Waals surface area (Å²) in [7, 11) is -2.12. The molecule has 23 heavy (non-hydrogen) atoms. The van der Waals surface area contributed by atoms with Crippen LogP contribution in [-0.2, 0) is 5.75 Å². The standard InChI is InChI=1S/C16H16O5S2/c1-23(22,16(21)11-4-2-3-5-13(11)17)9-10-6-7-14(18)12(8-10)15(19)20/h2-8,17-18,22H,9H2,1H3,(H,19,20). The van der Waals surface area contributed by atoms with Crippen LogP contribution < -0.4 is 0 Å². The number of hydrogen-bond acceptors (Lipinski definition) is 5. The summed E-state index contributed by atoms with van der Waals surface area (Å²) >= 11 is 4.48. The zero-order valence-electron chi connectivity index (χ0n) is 12.3. The third-order valence-electron chi connectivity index (χ3n) is 3.26. The molecular formula is C16H16O5S2. The Kier molecular flexibility index (Phi) is 4.91. The molecule has 0 spiro atoms. The second kappa shape index (κ2) is 6.55. The number of carboxylic acids is 1. The van der Waals surface area contributed by atoms with Crippen molar-refractivity contribution in [3.63, 3.8) is 0 Å². The fraction of sp³-hybridized carbons (Fsp3) is 0.125. The van der Waals surface area contributed by atoms with Crippen molar-refractivity contribution in [1.82, 2.24) is 0 Å². The number of carbonyl (C=O) groups is 2. The van der Waals surface area contributed by atoms with E-state index >= 15 is 0 Å². The van der Waals surface area contributed by atoms with E-state index in [2.05, 4.69) is 11.7 Å². The van der Waals surface area contributed by atoms with Gasteiger partial charge >= 0.3 is 5.97 Å². The van der Waals surface area contributed by atoms with Crippen molar-refractivity contribution in [2.45, 2.75) is 5.75 Å². The van der Waals surface area contributed by atoms with Gasteiger partial charge in [0, 0.05) is 5.75 Å². The molecule has 122 valence electrons. The Morgan fingerprint density at radius 3 is 2.26 bits per heavy atom. The van der Waals surface area contributed by atoms with E-state index in [4.69, 9.17) is 5.11 Å². The predicted molar refractivity (Wildman–Crippen MR) is 93.7 cm³/mol. The van der Waals surface area contributed by atoms with Crippen molar-refractivity contribution in [3.05, 3.63) is 59.2 Å². The van der Waals surface area contributed by atoms with E-state index in [9.17, 15) is 19.8 Å². The number of para-hydroxylation sites is 1. The Morgan fingerprint density at radius 2 is 1.65 bits per heavy atom. The molecule has 0 radical (unpaired) electrons. The van der Waals surface area contributed by atoms with Gasteiger partial charge in [0.25, 0.3) is 0 Å². The molecule has 0 aliphatic heterocycles. The molecule has 7 heteroatoms. The molecule has 0 aromatic heterocycles. The lowest BCUT2D eigenvalue weighted by Crippen LogP contribution is -2.09. The minimum Gasteiger partial charge on any atom is -0.507 e. The lowest BCUT2D eigenvalue weighted by atomic mass is 10.1. The average Bonchev–Trinajstić information content (AvgIpc) is 2.48. The molecule has 0 heterocycles. The molecule has 3 N–H and O–H groups in total. The summed E-state index contributed by atoms with van der Waals surface area (Å²) in [6, 6.07) is 10.4. The van der Waals surface area contributed by atoms with Gasteiger partial charge in [-0.25, -0.2) is 4.79 Å². The summed E-state index contributed by atoms with van der Waals surface area (Å²) < 4.78 is 0. The molecule has 5 nitrogen and oxygen atoms in total. The normalized spacial score (nSPS) is 14.7. The van der Waals surface area contributed by atoms with Gasteiger partial charge in [0.2, 0.25) is 5.12 Å². The third kappa shape index (κ3) is 3.80. The van der Waals surface area contributed by atoms with Gasteiger partial charge in [-0.3, -0.25) is 4.79 Å². The topological polar surface area (TPSA) is 94.8 Å². The molecule has 0 aliphatic rings. The number of phenolic OH excluding ortho intramolecular Hbond substituents is 1. The summed E-state index contributed by atoms with van der Waals surface area (Å²) in [5.74, 6) is -1.46. The number of thiol groups is 1. The van der Waals surface area contributed by atoms with Crippen LogP contribution in [0.3, 0.4) is 0 Å². The predicted octanol–water partition coefficient (Wildman–Crippen LogP) is 3.42. The molecular weight excluding hydrogens is 336 g/mol. The third-order valence-corrected chi connectivity index (χ3v) is 6.06.